The second-order valence-corrected chi connectivity index (χ2v) is 10.3. The Kier molecular flexibility index (Phi) is 7.20. The molecular formula is C24H20F4N4O4S. The first-order valence-corrected chi connectivity index (χ1v) is 12.5. The number of Topliss-reactive ketones (excluding diaryl/α,β-unsaturated/α-hetero) is 1. The maximum Gasteiger partial charge on any atom is 0.433 e. The predicted octanol–water partition coefficient (Wildman–Crippen LogP) is 3.62. The summed E-state index contributed by atoms with van der Waals surface area (Å²) in [7, 11) is -4.26. The molecule has 3 heterocycles. The van der Waals surface area contributed by atoms with Crippen LogP contribution in [-0.4, -0.2) is 51.8 Å². The molecule has 0 unspecified atom stereocenters. The quantitative estimate of drug-likeness (QED) is 0.246. The Hall–Kier alpha value is -3.58. The van der Waals surface area contributed by atoms with Gasteiger partial charge in [0.2, 0.25) is 10.0 Å². The third-order valence-corrected chi connectivity index (χ3v) is 8.08. The Morgan fingerprint density at radius 2 is 1.81 bits per heavy atom. The van der Waals surface area contributed by atoms with E-state index in [1.807, 2.05) is 0 Å². The van der Waals surface area contributed by atoms with Crippen molar-refractivity contribution in [1.29, 1.82) is 0 Å². The van der Waals surface area contributed by atoms with E-state index < -0.39 is 39.0 Å². The summed E-state index contributed by atoms with van der Waals surface area (Å²) in [6.45, 7) is -0.0528. The normalized spacial score (nSPS) is 18.6. The molecule has 194 valence electrons. The first kappa shape index (κ1) is 26.5. The first-order chi connectivity index (χ1) is 17.5. The van der Waals surface area contributed by atoms with Crippen LogP contribution in [0.15, 0.2) is 59.9 Å². The summed E-state index contributed by atoms with van der Waals surface area (Å²) in [4.78, 5) is 36.7. The van der Waals surface area contributed by atoms with Gasteiger partial charge in [-0.3, -0.25) is 9.78 Å². The number of aldehydes is 1. The van der Waals surface area contributed by atoms with E-state index in [4.69, 9.17) is 0 Å². The predicted molar refractivity (Wildman–Crippen MR) is 122 cm³/mol. The number of ketones is 1. The topological polar surface area (TPSA) is 110 Å². The van der Waals surface area contributed by atoms with Gasteiger partial charge in [-0.25, -0.2) is 22.8 Å². The Morgan fingerprint density at radius 1 is 1.08 bits per heavy atom. The number of benzene rings is 1. The van der Waals surface area contributed by atoms with Crippen molar-refractivity contribution in [2.45, 2.75) is 42.3 Å². The molecule has 0 spiro atoms. The SMILES string of the molecule is O=C[C@@]1(C(=O)CCc2cc(-c3ccc(C(F)(F)F)nc3)ncn2)CCCN1S(=O)(=O)c1ccc(F)cc1. The number of hydrogen-bond acceptors (Lipinski definition) is 7. The molecule has 0 bridgehead atoms. The lowest BCUT2D eigenvalue weighted by atomic mass is 9.90. The van der Waals surface area contributed by atoms with E-state index in [2.05, 4.69) is 15.0 Å². The molecule has 1 saturated heterocycles. The number of alkyl halides is 3. The van der Waals surface area contributed by atoms with Crippen LogP contribution < -0.4 is 0 Å². The zero-order chi connectivity index (χ0) is 26.8. The van der Waals surface area contributed by atoms with E-state index in [0.29, 0.717) is 17.5 Å². The number of nitrogens with zero attached hydrogens (tertiary/aromatic N) is 4. The van der Waals surface area contributed by atoms with Crippen LogP contribution in [0.25, 0.3) is 11.3 Å². The smallest absolute Gasteiger partial charge is 0.301 e. The van der Waals surface area contributed by atoms with Crippen molar-refractivity contribution >= 4 is 22.1 Å². The second kappa shape index (κ2) is 10.1. The number of sulfonamides is 1. The minimum atomic E-state index is -4.58. The number of halogens is 4. The molecule has 0 saturated carbocycles. The second-order valence-electron chi connectivity index (χ2n) is 8.42. The van der Waals surface area contributed by atoms with Crippen molar-refractivity contribution in [2.24, 2.45) is 0 Å². The van der Waals surface area contributed by atoms with Gasteiger partial charge in [0.15, 0.2) is 5.78 Å². The molecule has 0 amide bonds. The molecule has 8 nitrogen and oxygen atoms in total. The van der Waals surface area contributed by atoms with Gasteiger partial charge < -0.3 is 4.79 Å². The summed E-state index contributed by atoms with van der Waals surface area (Å²) >= 11 is 0. The van der Waals surface area contributed by atoms with Gasteiger partial charge in [-0.15, -0.1) is 0 Å². The van der Waals surface area contributed by atoms with E-state index in [0.717, 1.165) is 40.8 Å². The zero-order valence-electron chi connectivity index (χ0n) is 19.2. The highest BCUT2D eigenvalue weighted by molar-refractivity contribution is 7.89. The number of carbonyl (C=O) groups is 2. The fraction of sp³-hybridized carbons (Fsp3) is 0.292. The van der Waals surface area contributed by atoms with E-state index in [9.17, 15) is 35.6 Å². The van der Waals surface area contributed by atoms with Gasteiger partial charge in [-0.05, 0) is 61.7 Å². The van der Waals surface area contributed by atoms with Crippen molar-refractivity contribution in [1.82, 2.24) is 19.3 Å². The first-order valence-electron chi connectivity index (χ1n) is 11.1. The Balaban J connectivity index is 1.52. The van der Waals surface area contributed by atoms with Crippen molar-refractivity contribution in [3.8, 4) is 11.3 Å². The minimum absolute atomic E-state index is 0.00199. The molecule has 0 radical (unpaired) electrons. The Morgan fingerprint density at radius 3 is 2.43 bits per heavy atom. The molecule has 2 aromatic heterocycles. The molecule has 1 aliphatic heterocycles. The number of hydrogen-bond donors (Lipinski definition) is 0. The monoisotopic (exact) mass is 536 g/mol. The van der Waals surface area contributed by atoms with Gasteiger partial charge in [-0.1, -0.05) is 0 Å². The molecule has 0 N–H and O–H groups in total. The number of rotatable bonds is 8. The molecule has 37 heavy (non-hydrogen) atoms. The molecule has 1 aliphatic rings. The van der Waals surface area contributed by atoms with Crippen LogP contribution in [0.1, 0.15) is 30.7 Å². The van der Waals surface area contributed by atoms with E-state index in [-0.39, 0.29) is 42.8 Å². The van der Waals surface area contributed by atoms with Gasteiger partial charge in [0, 0.05) is 30.4 Å². The molecule has 4 rings (SSSR count). The molecule has 1 fully saturated rings. The van der Waals surface area contributed by atoms with Crippen molar-refractivity contribution in [3.05, 3.63) is 72.2 Å². The maximum absolute atomic E-state index is 13.3. The summed E-state index contributed by atoms with van der Waals surface area (Å²) in [6, 6.07) is 7.62. The summed E-state index contributed by atoms with van der Waals surface area (Å²) in [6.07, 6.45) is -1.95. The van der Waals surface area contributed by atoms with Crippen LogP contribution in [0.4, 0.5) is 17.6 Å². The maximum atomic E-state index is 13.3. The van der Waals surface area contributed by atoms with Crippen LogP contribution in [0.5, 0.6) is 0 Å². The van der Waals surface area contributed by atoms with Gasteiger partial charge in [0.1, 0.15) is 29.7 Å². The largest absolute Gasteiger partial charge is 0.433 e. The highest BCUT2D eigenvalue weighted by Crippen LogP contribution is 2.35. The number of aryl methyl sites for hydroxylation is 1. The fourth-order valence-corrected chi connectivity index (χ4v) is 5.98. The highest BCUT2D eigenvalue weighted by atomic mass is 32.2. The molecule has 3 aromatic rings. The Labute approximate surface area is 209 Å². The van der Waals surface area contributed by atoms with E-state index in [1.165, 1.54) is 18.5 Å². The van der Waals surface area contributed by atoms with Crippen molar-refractivity contribution < 1.29 is 35.6 Å². The van der Waals surface area contributed by atoms with Crippen LogP contribution in [0.2, 0.25) is 0 Å². The lowest BCUT2D eigenvalue weighted by Crippen LogP contribution is -2.54. The molecule has 13 heteroatoms. The summed E-state index contributed by atoms with van der Waals surface area (Å²) in [5, 5.41) is 0. The third kappa shape index (κ3) is 5.27. The van der Waals surface area contributed by atoms with Crippen molar-refractivity contribution in [2.75, 3.05) is 6.54 Å². The lowest BCUT2D eigenvalue weighted by Gasteiger charge is -2.31. The zero-order valence-corrected chi connectivity index (χ0v) is 20.0. The average molecular weight is 537 g/mol. The fourth-order valence-electron chi connectivity index (χ4n) is 4.21. The summed E-state index contributed by atoms with van der Waals surface area (Å²) < 4.78 is 78.8. The minimum Gasteiger partial charge on any atom is -0.301 e. The number of carbonyl (C=O) groups excluding carboxylic acids is 2. The van der Waals surface area contributed by atoms with Crippen LogP contribution >= 0.6 is 0 Å². The molecule has 1 aromatic carbocycles. The molecular weight excluding hydrogens is 516 g/mol. The van der Waals surface area contributed by atoms with Gasteiger partial charge in [-0.2, -0.15) is 17.5 Å². The lowest BCUT2D eigenvalue weighted by molar-refractivity contribution is -0.141. The molecule has 0 aliphatic carbocycles. The van der Waals surface area contributed by atoms with Crippen molar-refractivity contribution in [3.63, 3.8) is 0 Å². The van der Waals surface area contributed by atoms with Crippen LogP contribution in [-0.2, 0) is 32.2 Å². The van der Waals surface area contributed by atoms with E-state index >= 15 is 0 Å². The standard InChI is InChI=1S/C24H20F4N4O4S/c25-17-3-6-19(7-4-17)37(35,36)32-11-1-10-23(32,14-33)22(34)9-5-18-12-20(31-15-30-18)16-2-8-21(29-13-16)24(26,27)28/h2-4,6-8,12-15H,1,5,9-11H2/t23-/m1/s1. The number of aromatic nitrogens is 3. The van der Waals surface area contributed by atoms with Gasteiger partial charge in [0.25, 0.3) is 0 Å². The van der Waals surface area contributed by atoms with Gasteiger partial charge in [0.05, 0.1) is 10.6 Å². The van der Waals surface area contributed by atoms with Crippen LogP contribution in [0.3, 0.4) is 0 Å². The van der Waals surface area contributed by atoms with E-state index in [1.54, 1.807) is 0 Å². The highest BCUT2D eigenvalue weighted by Gasteiger charge is 2.52. The summed E-state index contributed by atoms with van der Waals surface area (Å²) in [5.41, 5.74) is -2.00. The van der Waals surface area contributed by atoms with Crippen LogP contribution in [0, 0.1) is 5.82 Å². The summed E-state index contributed by atoms with van der Waals surface area (Å²) in [5.74, 6) is -1.25. The van der Waals surface area contributed by atoms with Gasteiger partial charge >= 0.3 is 6.18 Å². The Bertz CT molecular complexity index is 1410. The number of pyridine rings is 1. The average Bonchev–Trinajstić information content (AvgIpc) is 3.34. The third-order valence-electron chi connectivity index (χ3n) is 6.13. The molecule has 1 atom stereocenters.